The monoisotopic (exact) mass is 272 g/mol. The maximum absolute atomic E-state index is 12.3. The number of nitrogens with one attached hydrogen (secondary N) is 1. The number of benzene rings is 1. The summed E-state index contributed by atoms with van der Waals surface area (Å²) in [5.74, 6) is 0. The minimum Gasteiger partial charge on any atom is -0.315 e. The molecule has 0 bridgehead atoms. The van der Waals surface area contributed by atoms with Crippen molar-refractivity contribution in [3.8, 4) is 0 Å². The molecule has 0 spiro atoms. The first-order valence-corrected chi connectivity index (χ1v) is 7.26. The lowest BCUT2D eigenvalue weighted by molar-refractivity contribution is 0.365. The molecule has 0 aliphatic heterocycles. The van der Waals surface area contributed by atoms with Crippen molar-refractivity contribution < 1.29 is 0 Å². The van der Waals surface area contributed by atoms with E-state index in [4.69, 9.17) is 0 Å². The van der Waals surface area contributed by atoms with Crippen LogP contribution >= 0.6 is 0 Å². The number of nitrogens with zero attached hydrogens (tertiary/aromatic N) is 1. The summed E-state index contributed by atoms with van der Waals surface area (Å²) < 4.78 is 1.78. The van der Waals surface area contributed by atoms with Crippen molar-refractivity contribution >= 4 is 10.8 Å². The standard InChI is InChI=1S/C17H24N2O/c1-17(2,3)9-10-18-11-13-19-12-8-14-6-4-5-7-15(14)16(19)20/h4-8,12,18H,9-11,13H2,1-3H3. The minimum absolute atomic E-state index is 0.0979. The third-order valence-electron chi connectivity index (χ3n) is 3.47. The largest absolute Gasteiger partial charge is 0.315 e. The van der Waals surface area contributed by atoms with Crippen LogP contribution in [0.3, 0.4) is 0 Å². The highest BCUT2D eigenvalue weighted by atomic mass is 16.1. The topological polar surface area (TPSA) is 34.0 Å². The summed E-state index contributed by atoms with van der Waals surface area (Å²) in [5.41, 5.74) is 0.452. The summed E-state index contributed by atoms with van der Waals surface area (Å²) in [6, 6.07) is 9.74. The molecule has 3 heteroatoms. The van der Waals surface area contributed by atoms with Crippen LogP contribution in [0.2, 0.25) is 0 Å². The van der Waals surface area contributed by atoms with Crippen LogP contribution in [0.15, 0.2) is 41.3 Å². The van der Waals surface area contributed by atoms with E-state index in [-0.39, 0.29) is 5.56 Å². The molecule has 0 saturated heterocycles. The Labute approximate surface area is 120 Å². The van der Waals surface area contributed by atoms with Gasteiger partial charge in [0.15, 0.2) is 0 Å². The quantitative estimate of drug-likeness (QED) is 0.849. The van der Waals surface area contributed by atoms with Crippen molar-refractivity contribution in [2.24, 2.45) is 5.41 Å². The SMILES string of the molecule is CC(C)(C)CCNCCn1ccc2ccccc2c1=O. The van der Waals surface area contributed by atoms with Gasteiger partial charge in [-0.2, -0.15) is 0 Å². The summed E-state index contributed by atoms with van der Waals surface area (Å²) in [6.45, 7) is 9.25. The molecule has 2 rings (SSSR count). The van der Waals surface area contributed by atoms with Crippen LogP contribution in [0, 0.1) is 5.41 Å². The van der Waals surface area contributed by atoms with Crippen molar-refractivity contribution in [2.45, 2.75) is 33.7 Å². The van der Waals surface area contributed by atoms with E-state index in [1.165, 1.54) is 0 Å². The fourth-order valence-corrected chi connectivity index (χ4v) is 2.19. The highest BCUT2D eigenvalue weighted by Crippen LogP contribution is 2.16. The lowest BCUT2D eigenvalue weighted by Gasteiger charge is -2.18. The Morgan fingerprint density at radius 2 is 1.85 bits per heavy atom. The Hall–Kier alpha value is -1.61. The van der Waals surface area contributed by atoms with E-state index in [0.29, 0.717) is 12.0 Å². The van der Waals surface area contributed by atoms with Gasteiger partial charge in [-0.3, -0.25) is 4.79 Å². The van der Waals surface area contributed by atoms with Crippen molar-refractivity contribution in [3.05, 3.63) is 46.9 Å². The maximum atomic E-state index is 12.3. The number of hydrogen-bond acceptors (Lipinski definition) is 2. The van der Waals surface area contributed by atoms with Crippen LogP contribution in [0.1, 0.15) is 27.2 Å². The van der Waals surface area contributed by atoms with Crippen molar-refractivity contribution in [3.63, 3.8) is 0 Å². The molecule has 1 aromatic carbocycles. The van der Waals surface area contributed by atoms with Gasteiger partial charge in [-0.1, -0.05) is 39.0 Å². The Morgan fingerprint density at radius 1 is 1.10 bits per heavy atom. The molecule has 0 amide bonds. The molecule has 1 heterocycles. The van der Waals surface area contributed by atoms with Gasteiger partial charge in [0, 0.05) is 24.7 Å². The summed E-state index contributed by atoms with van der Waals surface area (Å²) in [6.07, 6.45) is 3.02. The van der Waals surface area contributed by atoms with E-state index in [2.05, 4.69) is 26.1 Å². The van der Waals surface area contributed by atoms with E-state index >= 15 is 0 Å². The van der Waals surface area contributed by atoms with Gasteiger partial charge in [0.05, 0.1) is 0 Å². The van der Waals surface area contributed by atoms with Crippen molar-refractivity contribution in [1.29, 1.82) is 0 Å². The predicted molar refractivity (Wildman–Crippen MR) is 85.1 cm³/mol. The van der Waals surface area contributed by atoms with Gasteiger partial charge in [0.2, 0.25) is 0 Å². The first-order valence-electron chi connectivity index (χ1n) is 7.26. The molecule has 0 saturated carbocycles. The molecule has 0 unspecified atom stereocenters. The lowest BCUT2D eigenvalue weighted by atomic mass is 9.92. The highest BCUT2D eigenvalue weighted by Gasteiger charge is 2.08. The molecule has 0 aliphatic carbocycles. The summed E-state index contributed by atoms with van der Waals surface area (Å²) in [7, 11) is 0. The third kappa shape index (κ3) is 3.94. The predicted octanol–water partition coefficient (Wildman–Crippen LogP) is 3.03. The fraction of sp³-hybridized carbons (Fsp3) is 0.471. The highest BCUT2D eigenvalue weighted by molar-refractivity contribution is 5.81. The van der Waals surface area contributed by atoms with Gasteiger partial charge < -0.3 is 9.88 Å². The summed E-state index contributed by atoms with van der Waals surface area (Å²) in [4.78, 5) is 12.3. The summed E-state index contributed by atoms with van der Waals surface area (Å²) in [5, 5.41) is 5.21. The molecule has 1 aromatic heterocycles. The van der Waals surface area contributed by atoms with Gasteiger partial charge in [0.25, 0.3) is 5.56 Å². The molecular weight excluding hydrogens is 248 g/mol. The van der Waals surface area contributed by atoms with Gasteiger partial charge in [-0.05, 0) is 35.9 Å². The number of pyridine rings is 1. The smallest absolute Gasteiger partial charge is 0.258 e. The summed E-state index contributed by atoms with van der Waals surface area (Å²) >= 11 is 0. The molecule has 20 heavy (non-hydrogen) atoms. The van der Waals surface area contributed by atoms with Gasteiger partial charge in [-0.25, -0.2) is 0 Å². The van der Waals surface area contributed by atoms with E-state index in [0.717, 1.165) is 30.3 Å². The van der Waals surface area contributed by atoms with Crippen molar-refractivity contribution in [1.82, 2.24) is 9.88 Å². The lowest BCUT2D eigenvalue weighted by Crippen LogP contribution is -2.28. The maximum Gasteiger partial charge on any atom is 0.258 e. The van der Waals surface area contributed by atoms with Crippen LogP contribution in [0.25, 0.3) is 10.8 Å². The van der Waals surface area contributed by atoms with E-state index in [9.17, 15) is 4.79 Å². The second-order valence-electron chi connectivity index (χ2n) is 6.46. The molecule has 0 atom stereocenters. The number of rotatable bonds is 5. The molecule has 108 valence electrons. The minimum atomic E-state index is 0.0979. The Bertz CT molecular complexity index is 623. The molecule has 0 aliphatic rings. The first-order chi connectivity index (χ1) is 9.47. The molecule has 0 radical (unpaired) electrons. The van der Waals surface area contributed by atoms with E-state index in [1.807, 2.05) is 36.5 Å². The molecule has 3 nitrogen and oxygen atoms in total. The average Bonchev–Trinajstić information content (AvgIpc) is 2.40. The first kappa shape index (κ1) is 14.8. The van der Waals surface area contributed by atoms with Gasteiger partial charge in [-0.15, -0.1) is 0 Å². The van der Waals surface area contributed by atoms with Gasteiger partial charge in [0.1, 0.15) is 0 Å². The third-order valence-corrected chi connectivity index (χ3v) is 3.47. The van der Waals surface area contributed by atoms with E-state index < -0.39 is 0 Å². The second kappa shape index (κ2) is 6.23. The zero-order valence-electron chi connectivity index (χ0n) is 12.6. The normalized spacial score (nSPS) is 11.9. The van der Waals surface area contributed by atoms with E-state index in [1.54, 1.807) is 4.57 Å². The number of hydrogen-bond donors (Lipinski definition) is 1. The molecule has 2 aromatic rings. The zero-order valence-corrected chi connectivity index (χ0v) is 12.6. The van der Waals surface area contributed by atoms with Gasteiger partial charge >= 0.3 is 0 Å². The van der Waals surface area contributed by atoms with Crippen LogP contribution in [-0.4, -0.2) is 17.7 Å². The number of aromatic nitrogens is 1. The average molecular weight is 272 g/mol. The van der Waals surface area contributed by atoms with Crippen LogP contribution in [0.5, 0.6) is 0 Å². The number of fused-ring (bicyclic) bond motifs is 1. The second-order valence-corrected chi connectivity index (χ2v) is 6.46. The molecule has 1 N–H and O–H groups in total. The fourth-order valence-electron chi connectivity index (χ4n) is 2.19. The Balaban J connectivity index is 1.94. The van der Waals surface area contributed by atoms with Crippen LogP contribution in [0.4, 0.5) is 0 Å². The Morgan fingerprint density at radius 3 is 2.60 bits per heavy atom. The van der Waals surface area contributed by atoms with Crippen LogP contribution in [-0.2, 0) is 6.54 Å². The Kier molecular flexibility index (Phi) is 4.61. The zero-order chi connectivity index (χ0) is 14.6. The molecule has 0 fully saturated rings. The van der Waals surface area contributed by atoms with Crippen molar-refractivity contribution in [2.75, 3.05) is 13.1 Å². The van der Waals surface area contributed by atoms with Crippen LogP contribution < -0.4 is 10.9 Å². The molecular formula is C17H24N2O.